The Labute approximate surface area is 116 Å². The minimum absolute atomic E-state index is 0.126. The second-order valence-electron chi connectivity index (χ2n) is 6.10. The Hall–Kier alpha value is -0.860. The van der Waals surface area contributed by atoms with Crippen LogP contribution in [0, 0.1) is 5.92 Å². The fourth-order valence-electron chi connectivity index (χ4n) is 4.10. The Balaban J connectivity index is 1.85. The summed E-state index contributed by atoms with van der Waals surface area (Å²) < 4.78 is 0. The van der Waals surface area contributed by atoms with Gasteiger partial charge >= 0.3 is 0 Å². The van der Waals surface area contributed by atoms with Crippen molar-refractivity contribution in [2.75, 3.05) is 6.54 Å². The first-order valence-electron chi connectivity index (χ1n) is 7.80. The summed E-state index contributed by atoms with van der Waals surface area (Å²) in [5.74, 6) is 0.468. The summed E-state index contributed by atoms with van der Waals surface area (Å²) in [5, 5.41) is 10.3. The Bertz CT molecular complexity index is 405. The molecule has 0 amide bonds. The second-order valence-corrected chi connectivity index (χ2v) is 6.10. The van der Waals surface area contributed by atoms with Crippen LogP contribution in [-0.4, -0.2) is 28.7 Å². The molecule has 2 aliphatic heterocycles. The third-order valence-electron chi connectivity index (χ3n) is 5.08. The van der Waals surface area contributed by atoms with Gasteiger partial charge in [-0.1, -0.05) is 43.7 Å². The molecule has 19 heavy (non-hydrogen) atoms. The van der Waals surface area contributed by atoms with Crippen molar-refractivity contribution in [3.63, 3.8) is 0 Å². The number of aliphatic hydroxyl groups excluding tert-OH is 1. The van der Waals surface area contributed by atoms with E-state index >= 15 is 0 Å². The Kier molecular flexibility index (Phi) is 3.90. The zero-order valence-corrected chi connectivity index (χ0v) is 11.8. The maximum atomic E-state index is 10.3. The van der Waals surface area contributed by atoms with Crippen LogP contribution >= 0.6 is 0 Å². The maximum absolute atomic E-state index is 10.3. The number of hydrogen-bond donors (Lipinski definition) is 1. The third-order valence-corrected chi connectivity index (χ3v) is 5.08. The Morgan fingerprint density at radius 3 is 2.79 bits per heavy atom. The number of nitrogens with zero attached hydrogens (tertiary/aromatic N) is 1. The molecule has 2 saturated heterocycles. The van der Waals surface area contributed by atoms with Crippen molar-refractivity contribution >= 4 is 0 Å². The molecule has 1 aromatic rings. The van der Waals surface area contributed by atoms with Gasteiger partial charge in [0.25, 0.3) is 0 Å². The summed E-state index contributed by atoms with van der Waals surface area (Å²) >= 11 is 0. The highest BCUT2D eigenvalue weighted by Crippen LogP contribution is 2.45. The lowest BCUT2D eigenvalue weighted by molar-refractivity contribution is 0.0602. The zero-order chi connectivity index (χ0) is 13.2. The highest BCUT2D eigenvalue weighted by Gasteiger charge is 2.44. The van der Waals surface area contributed by atoms with Gasteiger partial charge in [0.05, 0.1) is 6.10 Å². The summed E-state index contributed by atoms with van der Waals surface area (Å²) in [6.45, 7) is 3.31. The predicted molar refractivity (Wildman–Crippen MR) is 77.9 cm³/mol. The van der Waals surface area contributed by atoms with Crippen LogP contribution in [0.25, 0.3) is 0 Å². The van der Waals surface area contributed by atoms with E-state index in [-0.39, 0.29) is 6.10 Å². The van der Waals surface area contributed by atoms with Gasteiger partial charge in [0.15, 0.2) is 0 Å². The van der Waals surface area contributed by atoms with Gasteiger partial charge in [-0.2, -0.15) is 0 Å². The minimum atomic E-state index is -0.126. The van der Waals surface area contributed by atoms with Crippen molar-refractivity contribution in [1.82, 2.24) is 4.90 Å². The molecule has 0 aliphatic carbocycles. The van der Waals surface area contributed by atoms with Gasteiger partial charge in [0.2, 0.25) is 0 Å². The van der Waals surface area contributed by atoms with E-state index in [2.05, 4.69) is 42.2 Å². The molecule has 1 aromatic carbocycles. The molecular weight excluding hydrogens is 234 g/mol. The first-order valence-corrected chi connectivity index (χ1v) is 7.80. The van der Waals surface area contributed by atoms with Gasteiger partial charge in [-0.25, -0.2) is 0 Å². The normalized spacial score (nSPS) is 33.1. The summed E-state index contributed by atoms with van der Waals surface area (Å²) in [5.41, 5.74) is 1.43. The highest BCUT2D eigenvalue weighted by atomic mass is 16.3. The lowest BCUT2D eigenvalue weighted by Gasteiger charge is -2.36. The lowest BCUT2D eigenvalue weighted by Crippen LogP contribution is -2.41. The van der Waals surface area contributed by atoms with Gasteiger partial charge in [-0.05, 0) is 37.8 Å². The standard InChI is InChI=1S/C17H25NO/c1-2-17(19)14-12-16(13-8-4-3-5-9-13)18-11-7-6-10-15(14)18/h3-5,8-9,14-17,19H,2,6-7,10-12H2,1H3. The van der Waals surface area contributed by atoms with Crippen LogP contribution in [0.3, 0.4) is 0 Å². The fourth-order valence-corrected chi connectivity index (χ4v) is 4.10. The summed E-state index contributed by atoms with van der Waals surface area (Å²) in [6, 6.07) is 12.0. The van der Waals surface area contributed by atoms with Gasteiger partial charge in [-0.3, -0.25) is 4.90 Å². The van der Waals surface area contributed by atoms with Crippen LogP contribution in [0.2, 0.25) is 0 Å². The van der Waals surface area contributed by atoms with Crippen molar-refractivity contribution in [3.05, 3.63) is 35.9 Å². The van der Waals surface area contributed by atoms with Crippen molar-refractivity contribution in [1.29, 1.82) is 0 Å². The average molecular weight is 259 g/mol. The van der Waals surface area contributed by atoms with E-state index in [4.69, 9.17) is 0 Å². The van der Waals surface area contributed by atoms with E-state index in [1.54, 1.807) is 0 Å². The number of hydrogen-bond acceptors (Lipinski definition) is 2. The van der Waals surface area contributed by atoms with Crippen LogP contribution in [0.5, 0.6) is 0 Å². The molecule has 2 aliphatic rings. The molecule has 0 radical (unpaired) electrons. The molecule has 4 unspecified atom stereocenters. The molecule has 1 N–H and O–H groups in total. The molecule has 2 heterocycles. The number of aliphatic hydroxyl groups is 1. The van der Waals surface area contributed by atoms with Crippen molar-refractivity contribution in [2.45, 2.75) is 57.2 Å². The number of piperidine rings is 1. The van der Waals surface area contributed by atoms with Crippen LogP contribution in [0.15, 0.2) is 30.3 Å². The number of rotatable bonds is 3. The maximum Gasteiger partial charge on any atom is 0.0581 e. The molecule has 2 fully saturated rings. The minimum Gasteiger partial charge on any atom is -0.393 e. The van der Waals surface area contributed by atoms with E-state index in [9.17, 15) is 5.11 Å². The zero-order valence-electron chi connectivity index (χ0n) is 11.8. The molecule has 2 nitrogen and oxygen atoms in total. The van der Waals surface area contributed by atoms with Gasteiger partial charge < -0.3 is 5.11 Å². The summed E-state index contributed by atoms with van der Waals surface area (Å²) in [6.07, 6.45) is 5.80. The largest absolute Gasteiger partial charge is 0.393 e. The van der Waals surface area contributed by atoms with Crippen LogP contribution in [0.4, 0.5) is 0 Å². The summed E-state index contributed by atoms with van der Waals surface area (Å²) in [7, 11) is 0. The molecule has 0 aromatic heterocycles. The topological polar surface area (TPSA) is 23.5 Å². The van der Waals surface area contributed by atoms with Crippen molar-refractivity contribution < 1.29 is 5.11 Å². The van der Waals surface area contributed by atoms with Crippen LogP contribution < -0.4 is 0 Å². The SMILES string of the molecule is CCC(O)C1CC(c2ccccc2)N2CCCCC12. The first-order chi connectivity index (χ1) is 9.31. The molecule has 0 bridgehead atoms. The molecule has 3 rings (SSSR count). The average Bonchev–Trinajstić information content (AvgIpc) is 2.87. The number of benzene rings is 1. The third kappa shape index (κ3) is 2.44. The molecule has 0 spiro atoms. The van der Waals surface area contributed by atoms with Gasteiger partial charge in [0.1, 0.15) is 0 Å². The Morgan fingerprint density at radius 1 is 1.26 bits per heavy atom. The van der Waals surface area contributed by atoms with Crippen molar-refractivity contribution in [2.24, 2.45) is 5.92 Å². The first kappa shape index (κ1) is 13.1. The molecule has 0 saturated carbocycles. The van der Waals surface area contributed by atoms with E-state index in [0.29, 0.717) is 18.0 Å². The van der Waals surface area contributed by atoms with Crippen LogP contribution in [0.1, 0.15) is 50.6 Å². The Morgan fingerprint density at radius 2 is 2.05 bits per heavy atom. The fraction of sp³-hybridized carbons (Fsp3) is 0.647. The molecule has 104 valence electrons. The predicted octanol–water partition coefficient (Wildman–Crippen LogP) is 3.37. The van der Waals surface area contributed by atoms with Gasteiger partial charge in [0, 0.05) is 18.0 Å². The van der Waals surface area contributed by atoms with Crippen LogP contribution in [-0.2, 0) is 0 Å². The highest BCUT2D eigenvalue weighted by molar-refractivity contribution is 5.21. The second kappa shape index (κ2) is 5.64. The molecule has 2 heteroatoms. The van der Waals surface area contributed by atoms with E-state index in [1.165, 1.54) is 31.4 Å². The van der Waals surface area contributed by atoms with E-state index < -0.39 is 0 Å². The summed E-state index contributed by atoms with van der Waals surface area (Å²) in [4.78, 5) is 2.67. The van der Waals surface area contributed by atoms with Gasteiger partial charge in [-0.15, -0.1) is 0 Å². The monoisotopic (exact) mass is 259 g/mol. The number of fused-ring (bicyclic) bond motifs is 1. The lowest BCUT2D eigenvalue weighted by atomic mass is 9.87. The van der Waals surface area contributed by atoms with Crippen molar-refractivity contribution in [3.8, 4) is 0 Å². The molecular formula is C17H25NO. The molecule has 4 atom stereocenters. The quantitative estimate of drug-likeness (QED) is 0.899. The smallest absolute Gasteiger partial charge is 0.0581 e. The van der Waals surface area contributed by atoms with E-state index in [1.807, 2.05) is 0 Å². The van der Waals surface area contributed by atoms with E-state index in [0.717, 1.165) is 12.8 Å².